The van der Waals surface area contributed by atoms with Gasteiger partial charge in [-0.2, -0.15) is 0 Å². The highest BCUT2D eigenvalue weighted by Gasteiger charge is 2.46. The third-order valence-corrected chi connectivity index (χ3v) is 6.01. The lowest BCUT2D eigenvalue weighted by molar-refractivity contribution is 0.0337. The van der Waals surface area contributed by atoms with Crippen LogP contribution in [0.3, 0.4) is 0 Å². The van der Waals surface area contributed by atoms with Crippen molar-refractivity contribution >= 4 is 0 Å². The smallest absolute Gasteiger partial charge is 0.0507 e. The summed E-state index contributed by atoms with van der Waals surface area (Å²) in [6.45, 7) is 12.8. The SMILES string of the molecule is CCC(C)C1CNC(C)(C2CC2)CN1CC1CCOC1. The fourth-order valence-electron chi connectivity index (χ4n) is 4.15. The minimum atomic E-state index is 0.365. The molecule has 0 aromatic carbocycles. The highest BCUT2D eigenvalue weighted by Crippen LogP contribution is 2.42. The first-order valence-electron chi connectivity index (χ1n) is 8.69. The first-order valence-corrected chi connectivity index (χ1v) is 8.69. The number of hydrogen-bond donors (Lipinski definition) is 1. The van der Waals surface area contributed by atoms with Crippen molar-refractivity contribution in [3.63, 3.8) is 0 Å². The third-order valence-electron chi connectivity index (χ3n) is 6.01. The topological polar surface area (TPSA) is 24.5 Å². The van der Waals surface area contributed by atoms with Gasteiger partial charge in [0.1, 0.15) is 0 Å². The number of nitrogens with zero attached hydrogens (tertiary/aromatic N) is 1. The molecule has 116 valence electrons. The first kappa shape index (κ1) is 14.8. The Morgan fingerprint density at radius 2 is 2.15 bits per heavy atom. The van der Waals surface area contributed by atoms with Gasteiger partial charge in [0.05, 0.1) is 6.61 Å². The fraction of sp³-hybridized carbons (Fsp3) is 1.00. The van der Waals surface area contributed by atoms with E-state index in [0.29, 0.717) is 11.6 Å². The average Bonchev–Trinajstić information content (AvgIpc) is 3.19. The Morgan fingerprint density at radius 3 is 2.75 bits per heavy atom. The molecule has 2 heterocycles. The van der Waals surface area contributed by atoms with Crippen LogP contribution in [0.2, 0.25) is 0 Å². The molecule has 2 aliphatic heterocycles. The molecule has 0 radical (unpaired) electrons. The number of hydrogen-bond acceptors (Lipinski definition) is 3. The summed E-state index contributed by atoms with van der Waals surface area (Å²) in [7, 11) is 0. The van der Waals surface area contributed by atoms with Crippen LogP contribution >= 0.6 is 0 Å². The molecule has 0 aromatic heterocycles. The maximum atomic E-state index is 5.59. The van der Waals surface area contributed by atoms with E-state index in [-0.39, 0.29) is 0 Å². The van der Waals surface area contributed by atoms with Crippen molar-refractivity contribution in [3.05, 3.63) is 0 Å². The molecule has 3 fully saturated rings. The van der Waals surface area contributed by atoms with Crippen LogP contribution in [0.15, 0.2) is 0 Å². The molecule has 0 bridgehead atoms. The molecule has 4 unspecified atom stereocenters. The van der Waals surface area contributed by atoms with E-state index in [9.17, 15) is 0 Å². The second-order valence-electron chi connectivity index (χ2n) is 7.68. The lowest BCUT2D eigenvalue weighted by Gasteiger charge is -2.49. The van der Waals surface area contributed by atoms with Gasteiger partial charge in [-0.3, -0.25) is 4.90 Å². The van der Waals surface area contributed by atoms with Crippen molar-refractivity contribution in [1.82, 2.24) is 10.2 Å². The number of ether oxygens (including phenoxy) is 1. The molecule has 3 aliphatic rings. The van der Waals surface area contributed by atoms with Crippen molar-refractivity contribution in [1.29, 1.82) is 0 Å². The molecule has 0 amide bonds. The van der Waals surface area contributed by atoms with Crippen LogP contribution in [-0.4, -0.2) is 49.3 Å². The molecule has 0 aromatic rings. The van der Waals surface area contributed by atoms with Crippen LogP contribution in [0, 0.1) is 17.8 Å². The molecule has 2 saturated heterocycles. The summed E-state index contributed by atoms with van der Waals surface area (Å²) in [4.78, 5) is 2.81. The average molecular weight is 280 g/mol. The molecule has 20 heavy (non-hydrogen) atoms. The molecule has 0 spiro atoms. The summed E-state index contributed by atoms with van der Waals surface area (Å²) in [5, 5.41) is 3.90. The van der Waals surface area contributed by atoms with Gasteiger partial charge in [-0.1, -0.05) is 20.3 Å². The zero-order chi connectivity index (χ0) is 14.2. The van der Waals surface area contributed by atoms with Gasteiger partial charge in [-0.15, -0.1) is 0 Å². The molecular weight excluding hydrogens is 248 g/mol. The molecule has 3 heteroatoms. The van der Waals surface area contributed by atoms with Gasteiger partial charge in [0, 0.05) is 37.8 Å². The van der Waals surface area contributed by atoms with Gasteiger partial charge in [-0.25, -0.2) is 0 Å². The molecule has 1 N–H and O–H groups in total. The van der Waals surface area contributed by atoms with E-state index >= 15 is 0 Å². The van der Waals surface area contributed by atoms with Gasteiger partial charge >= 0.3 is 0 Å². The Balaban J connectivity index is 1.67. The summed E-state index contributed by atoms with van der Waals surface area (Å²) in [5.74, 6) is 2.47. The van der Waals surface area contributed by atoms with Crippen molar-refractivity contribution in [2.75, 3.05) is 32.8 Å². The van der Waals surface area contributed by atoms with Crippen molar-refractivity contribution in [3.8, 4) is 0 Å². The predicted octanol–water partition coefficient (Wildman–Crippen LogP) is 2.51. The Hall–Kier alpha value is -0.120. The van der Waals surface area contributed by atoms with Gasteiger partial charge in [0.2, 0.25) is 0 Å². The Morgan fingerprint density at radius 1 is 1.35 bits per heavy atom. The number of nitrogens with one attached hydrogen (secondary N) is 1. The van der Waals surface area contributed by atoms with Gasteiger partial charge in [-0.05, 0) is 43.9 Å². The number of rotatable bonds is 5. The lowest BCUT2D eigenvalue weighted by Crippen LogP contribution is -2.65. The van der Waals surface area contributed by atoms with E-state index in [0.717, 1.165) is 31.0 Å². The lowest BCUT2D eigenvalue weighted by atomic mass is 9.86. The van der Waals surface area contributed by atoms with Crippen LogP contribution in [0.1, 0.15) is 46.5 Å². The normalized spacial score (nSPS) is 41.0. The molecular formula is C17H32N2O. The van der Waals surface area contributed by atoms with E-state index in [1.54, 1.807) is 0 Å². The third kappa shape index (κ3) is 3.05. The minimum absolute atomic E-state index is 0.365. The molecule has 1 saturated carbocycles. The predicted molar refractivity (Wildman–Crippen MR) is 82.9 cm³/mol. The number of piperazine rings is 1. The quantitative estimate of drug-likeness (QED) is 0.837. The van der Waals surface area contributed by atoms with E-state index < -0.39 is 0 Å². The zero-order valence-electron chi connectivity index (χ0n) is 13.5. The van der Waals surface area contributed by atoms with E-state index in [1.165, 1.54) is 45.3 Å². The zero-order valence-corrected chi connectivity index (χ0v) is 13.5. The maximum Gasteiger partial charge on any atom is 0.0507 e. The van der Waals surface area contributed by atoms with Crippen LogP contribution in [-0.2, 0) is 4.74 Å². The van der Waals surface area contributed by atoms with E-state index in [4.69, 9.17) is 4.74 Å². The fourth-order valence-corrected chi connectivity index (χ4v) is 4.15. The Labute approximate surface area is 124 Å². The molecule has 4 atom stereocenters. The largest absolute Gasteiger partial charge is 0.381 e. The second kappa shape index (κ2) is 5.94. The van der Waals surface area contributed by atoms with E-state index in [2.05, 4.69) is 31.0 Å². The van der Waals surface area contributed by atoms with Crippen molar-refractivity contribution in [2.24, 2.45) is 17.8 Å². The summed E-state index contributed by atoms with van der Waals surface area (Å²) >= 11 is 0. The van der Waals surface area contributed by atoms with Crippen LogP contribution in [0.4, 0.5) is 0 Å². The molecule has 1 aliphatic carbocycles. The van der Waals surface area contributed by atoms with Gasteiger partial charge in [0.25, 0.3) is 0 Å². The summed E-state index contributed by atoms with van der Waals surface area (Å²) in [5.41, 5.74) is 0.365. The Kier molecular flexibility index (Phi) is 4.40. The van der Waals surface area contributed by atoms with E-state index in [1.807, 2.05) is 0 Å². The maximum absolute atomic E-state index is 5.59. The van der Waals surface area contributed by atoms with Crippen molar-refractivity contribution in [2.45, 2.75) is 58.0 Å². The van der Waals surface area contributed by atoms with Crippen LogP contribution < -0.4 is 5.32 Å². The van der Waals surface area contributed by atoms with Gasteiger partial charge < -0.3 is 10.1 Å². The monoisotopic (exact) mass is 280 g/mol. The van der Waals surface area contributed by atoms with Crippen molar-refractivity contribution < 1.29 is 4.74 Å². The highest BCUT2D eigenvalue weighted by molar-refractivity contribution is 5.05. The van der Waals surface area contributed by atoms with Crippen LogP contribution in [0.25, 0.3) is 0 Å². The summed E-state index contributed by atoms with van der Waals surface area (Å²) < 4.78 is 5.59. The van der Waals surface area contributed by atoms with Gasteiger partial charge in [0.15, 0.2) is 0 Å². The highest BCUT2D eigenvalue weighted by atomic mass is 16.5. The second-order valence-corrected chi connectivity index (χ2v) is 7.68. The minimum Gasteiger partial charge on any atom is -0.381 e. The summed E-state index contributed by atoms with van der Waals surface area (Å²) in [6.07, 6.45) is 5.40. The molecule has 3 rings (SSSR count). The molecule has 3 nitrogen and oxygen atoms in total. The Bertz CT molecular complexity index is 325. The summed E-state index contributed by atoms with van der Waals surface area (Å²) in [6, 6.07) is 0.715. The van der Waals surface area contributed by atoms with Crippen LogP contribution in [0.5, 0.6) is 0 Å². The first-order chi connectivity index (χ1) is 9.62. The standard InChI is InChI=1S/C17H32N2O/c1-4-13(2)16-9-18-17(3,15-5-6-15)12-19(16)10-14-7-8-20-11-14/h13-16,18H,4-12H2,1-3H3.